The third-order valence-corrected chi connectivity index (χ3v) is 3.59. The summed E-state index contributed by atoms with van der Waals surface area (Å²) in [5.41, 5.74) is 0.701. The molecule has 0 spiro atoms. The van der Waals surface area contributed by atoms with Crippen LogP contribution >= 0.6 is 15.9 Å². The van der Waals surface area contributed by atoms with E-state index in [0.717, 1.165) is 15.8 Å². The van der Waals surface area contributed by atoms with Crippen molar-refractivity contribution < 1.29 is 0 Å². The molecule has 2 heterocycles. The molecule has 0 radical (unpaired) electrons. The first-order chi connectivity index (χ1) is 10.2. The monoisotopic (exact) mass is 344 g/mol. The van der Waals surface area contributed by atoms with Crippen molar-refractivity contribution in [2.45, 2.75) is 6.54 Å². The second kappa shape index (κ2) is 6.05. The smallest absolute Gasteiger partial charge is 0.261 e. The van der Waals surface area contributed by atoms with E-state index in [-0.39, 0.29) is 5.56 Å². The largest absolute Gasteiger partial charge is 0.368 e. The molecule has 0 atom stereocenters. The fraction of sp³-hybridized carbons (Fsp3) is 0.133. The van der Waals surface area contributed by atoms with Crippen LogP contribution < -0.4 is 10.9 Å². The number of fused-ring (bicyclic) bond motifs is 1. The van der Waals surface area contributed by atoms with Crippen LogP contribution in [-0.2, 0) is 6.54 Å². The number of nitrogens with zero attached hydrogens (tertiary/aromatic N) is 3. The summed E-state index contributed by atoms with van der Waals surface area (Å²) in [6.07, 6.45) is 3.31. The molecule has 21 heavy (non-hydrogen) atoms. The van der Waals surface area contributed by atoms with Crippen LogP contribution in [0.25, 0.3) is 10.9 Å². The Morgan fingerprint density at radius 2 is 2.00 bits per heavy atom. The van der Waals surface area contributed by atoms with E-state index in [2.05, 4.69) is 31.2 Å². The molecule has 1 N–H and O–H groups in total. The van der Waals surface area contributed by atoms with Crippen LogP contribution in [-0.4, -0.2) is 21.1 Å². The number of nitrogens with one attached hydrogen (secondary N) is 1. The first-order valence-electron chi connectivity index (χ1n) is 6.54. The van der Waals surface area contributed by atoms with Gasteiger partial charge in [0.25, 0.3) is 5.56 Å². The molecule has 0 saturated carbocycles. The van der Waals surface area contributed by atoms with Crippen LogP contribution in [0, 0.1) is 0 Å². The van der Waals surface area contributed by atoms with E-state index < -0.39 is 0 Å². The fourth-order valence-electron chi connectivity index (χ4n) is 2.05. The number of pyridine rings is 1. The predicted molar refractivity (Wildman–Crippen MR) is 86.4 cm³/mol. The summed E-state index contributed by atoms with van der Waals surface area (Å²) in [4.78, 5) is 20.8. The van der Waals surface area contributed by atoms with Gasteiger partial charge in [-0.15, -0.1) is 0 Å². The molecule has 3 aromatic rings. The number of halogens is 1. The van der Waals surface area contributed by atoms with Gasteiger partial charge in [0.05, 0.1) is 17.2 Å². The van der Waals surface area contributed by atoms with Crippen LogP contribution in [0.5, 0.6) is 0 Å². The number of hydrogen-bond donors (Lipinski definition) is 1. The Bertz CT molecular complexity index is 814. The summed E-state index contributed by atoms with van der Waals surface area (Å²) in [7, 11) is 0. The Labute approximate surface area is 129 Å². The van der Waals surface area contributed by atoms with Crippen LogP contribution in [0.2, 0.25) is 0 Å². The molecule has 0 unspecified atom stereocenters. The third kappa shape index (κ3) is 3.11. The zero-order valence-electron chi connectivity index (χ0n) is 11.2. The van der Waals surface area contributed by atoms with E-state index in [1.54, 1.807) is 23.2 Å². The number of hydrogen-bond acceptors (Lipinski definition) is 4. The lowest BCUT2D eigenvalue weighted by atomic mass is 10.2. The molecule has 0 aliphatic carbocycles. The minimum absolute atomic E-state index is 0.0221. The molecule has 0 amide bonds. The maximum absolute atomic E-state index is 12.3. The molecule has 3 rings (SSSR count). The Kier molecular flexibility index (Phi) is 3.96. The first kappa shape index (κ1) is 13.8. The van der Waals surface area contributed by atoms with Gasteiger partial charge in [-0.2, -0.15) is 0 Å². The molecule has 2 aromatic heterocycles. The van der Waals surface area contributed by atoms with Crippen molar-refractivity contribution in [3.8, 4) is 0 Å². The topological polar surface area (TPSA) is 59.8 Å². The van der Waals surface area contributed by atoms with Gasteiger partial charge in [-0.05, 0) is 40.2 Å². The fourth-order valence-corrected chi connectivity index (χ4v) is 2.28. The molecule has 106 valence electrons. The quantitative estimate of drug-likeness (QED) is 0.790. The van der Waals surface area contributed by atoms with Gasteiger partial charge in [0.15, 0.2) is 0 Å². The molecule has 0 aliphatic heterocycles. The Morgan fingerprint density at radius 1 is 1.14 bits per heavy atom. The summed E-state index contributed by atoms with van der Waals surface area (Å²) in [5, 5.41) is 3.82. The number of rotatable bonds is 4. The third-order valence-electron chi connectivity index (χ3n) is 3.12. The second-order valence-electron chi connectivity index (χ2n) is 4.55. The van der Waals surface area contributed by atoms with Crippen molar-refractivity contribution in [3.05, 3.63) is 63.7 Å². The van der Waals surface area contributed by atoms with Crippen molar-refractivity contribution in [2.24, 2.45) is 0 Å². The average molecular weight is 345 g/mol. The van der Waals surface area contributed by atoms with Crippen LogP contribution in [0.4, 0.5) is 5.82 Å². The van der Waals surface area contributed by atoms with Gasteiger partial charge in [0.2, 0.25) is 0 Å². The van der Waals surface area contributed by atoms with E-state index in [9.17, 15) is 4.79 Å². The highest BCUT2D eigenvalue weighted by molar-refractivity contribution is 9.10. The zero-order valence-corrected chi connectivity index (χ0v) is 12.7. The van der Waals surface area contributed by atoms with Gasteiger partial charge < -0.3 is 5.32 Å². The Hall–Kier alpha value is -2.21. The van der Waals surface area contributed by atoms with Crippen molar-refractivity contribution in [1.29, 1.82) is 0 Å². The summed E-state index contributed by atoms with van der Waals surface area (Å²) < 4.78 is 2.54. The molecular weight excluding hydrogens is 332 g/mol. The molecule has 0 bridgehead atoms. The van der Waals surface area contributed by atoms with E-state index in [4.69, 9.17) is 0 Å². The maximum Gasteiger partial charge on any atom is 0.261 e. The lowest BCUT2D eigenvalue weighted by molar-refractivity contribution is 0.688. The van der Waals surface area contributed by atoms with Gasteiger partial charge in [0, 0.05) is 23.8 Å². The van der Waals surface area contributed by atoms with Gasteiger partial charge in [0.1, 0.15) is 5.82 Å². The molecule has 1 aromatic carbocycles. The highest BCUT2D eigenvalue weighted by Crippen LogP contribution is 2.10. The molecule has 6 heteroatoms. The Balaban J connectivity index is 1.72. The highest BCUT2D eigenvalue weighted by Gasteiger charge is 2.03. The van der Waals surface area contributed by atoms with Gasteiger partial charge in [-0.25, -0.2) is 9.97 Å². The van der Waals surface area contributed by atoms with Crippen LogP contribution in [0.3, 0.4) is 0 Å². The molecule has 0 saturated heterocycles. The normalized spacial score (nSPS) is 10.7. The molecule has 5 nitrogen and oxygen atoms in total. The molecule has 0 aliphatic rings. The number of aromatic nitrogens is 3. The predicted octanol–water partition coefficient (Wildman–Crippen LogP) is 2.67. The second-order valence-corrected chi connectivity index (χ2v) is 5.46. The molecular formula is C15H13BrN4O. The van der Waals surface area contributed by atoms with Crippen molar-refractivity contribution in [3.63, 3.8) is 0 Å². The first-order valence-corrected chi connectivity index (χ1v) is 7.33. The summed E-state index contributed by atoms with van der Waals surface area (Å²) >= 11 is 3.34. The van der Waals surface area contributed by atoms with E-state index in [0.29, 0.717) is 18.5 Å². The van der Waals surface area contributed by atoms with Gasteiger partial charge >= 0.3 is 0 Å². The van der Waals surface area contributed by atoms with Gasteiger partial charge in [-0.1, -0.05) is 12.1 Å². The van der Waals surface area contributed by atoms with E-state index >= 15 is 0 Å². The van der Waals surface area contributed by atoms with Gasteiger partial charge in [-0.3, -0.25) is 9.36 Å². The van der Waals surface area contributed by atoms with Crippen molar-refractivity contribution in [1.82, 2.24) is 14.5 Å². The van der Waals surface area contributed by atoms with Crippen LogP contribution in [0.1, 0.15) is 0 Å². The zero-order chi connectivity index (χ0) is 14.7. The standard InChI is InChI=1S/C15H13BrN4O/c16-11-5-6-14(18-9-11)17-7-8-20-10-19-13-4-2-1-3-12(13)15(20)21/h1-6,9-10H,7-8H2,(H,17,18). The highest BCUT2D eigenvalue weighted by atomic mass is 79.9. The minimum atomic E-state index is -0.0221. The SMILES string of the molecule is O=c1c2ccccc2ncn1CCNc1ccc(Br)cn1. The van der Waals surface area contributed by atoms with E-state index in [1.165, 1.54) is 0 Å². The number of anilines is 1. The lowest BCUT2D eigenvalue weighted by Crippen LogP contribution is -2.24. The maximum atomic E-state index is 12.3. The minimum Gasteiger partial charge on any atom is -0.368 e. The Morgan fingerprint density at radius 3 is 2.81 bits per heavy atom. The summed E-state index contributed by atoms with van der Waals surface area (Å²) in [6.45, 7) is 1.14. The van der Waals surface area contributed by atoms with Crippen LogP contribution in [0.15, 0.2) is 58.2 Å². The average Bonchev–Trinajstić information content (AvgIpc) is 2.52. The number of para-hydroxylation sites is 1. The number of benzene rings is 1. The van der Waals surface area contributed by atoms with E-state index in [1.807, 2.05) is 30.3 Å². The summed E-state index contributed by atoms with van der Waals surface area (Å²) in [6, 6.07) is 11.2. The summed E-state index contributed by atoms with van der Waals surface area (Å²) in [5.74, 6) is 0.778. The molecule has 0 fully saturated rings. The van der Waals surface area contributed by atoms with Crippen molar-refractivity contribution in [2.75, 3.05) is 11.9 Å². The van der Waals surface area contributed by atoms with Crippen molar-refractivity contribution >= 4 is 32.7 Å². The lowest BCUT2D eigenvalue weighted by Gasteiger charge is -2.08.